The van der Waals surface area contributed by atoms with E-state index in [2.05, 4.69) is 4.98 Å². The van der Waals surface area contributed by atoms with Crippen molar-refractivity contribution >= 4 is 5.78 Å². The summed E-state index contributed by atoms with van der Waals surface area (Å²) in [6.45, 7) is 3.98. The predicted octanol–water partition coefficient (Wildman–Crippen LogP) is 2.22. The van der Waals surface area contributed by atoms with Crippen LogP contribution in [0.25, 0.3) is 0 Å². The van der Waals surface area contributed by atoms with Crippen LogP contribution in [0.15, 0.2) is 6.07 Å². The quantitative estimate of drug-likeness (QED) is 0.605. The van der Waals surface area contributed by atoms with Crippen molar-refractivity contribution < 1.29 is 4.79 Å². The van der Waals surface area contributed by atoms with Gasteiger partial charge in [0.1, 0.15) is 0 Å². The average Bonchev–Trinajstić information content (AvgIpc) is 2.02. The molecule has 0 atom stereocenters. The molecule has 1 heterocycles. The minimum atomic E-state index is 0.270. The monoisotopic (exact) mass is 175 g/mol. The van der Waals surface area contributed by atoms with Crippen molar-refractivity contribution in [2.24, 2.45) is 0 Å². The number of fused-ring (bicyclic) bond motifs is 1. The molecule has 0 saturated carbocycles. The molecule has 2 rings (SSSR count). The van der Waals surface area contributed by atoms with Gasteiger partial charge in [0.2, 0.25) is 0 Å². The van der Waals surface area contributed by atoms with Gasteiger partial charge in [0.15, 0.2) is 5.78 Å². The maximum atomic E-state index is 11.6. The number of carbonyl (C=O) groups excluding carboxylic acids is 1. The Morgan fingerprint density at radius 3 is 2.85 bits per heavy atom. The summed E-state index contributed by atoms with van der Waals surface area (Å²) < 4.78 is 0. The molecule has 0 fully saturated rings. The maximum Gasteiger partial charge on any atom is 0.164 e. The van der Waals surface area contributed by atoms with Crippen molar-refractivity contribution in [1.82, 2.24) is 4.98 Å². The molecular formula is C11H13NO. The lowest BCUT2D eigenvalue weighted by Gasteiger charge is -2.16. The predicted molar refractivity (Wildman–Crippen MR) is 51.0 cm³/mol. The summed E-state index contributed by atoms with van der Waals surface area (Å²) in [5.74, 6) is 0.270. The van der Waals surface area contributed by atoms with Gasteiger partial charge in [-0.3, -0.25) is 9.78 Å². The largest absolute Gasteiger partial charge is 0.294 e. The molecule has 0 unspecified atom stereocenters. The van der Waals surface area contributed by atoms with Gasteiger partial charge in [-0.15, -0.1) is 0 Å². The molecule has 2 nitrogen and oxygen atoms in total. The van der Waals surface area contributed by atoms with E-state index < -0.39 is 0 Å². The summed E-state index contributed by atoms with van der Waals surface area (Å²) in [6.07, 6.45) is 2.61. The highest BCUT2D eigenvalue weighted by molar-refractivity contribution is 5.99. The van der Waals surface area contributed by atoms with E-state index in [0.717, 1.165) is 35.4 Å². The summed E-state index contributed by atoms with van der Waals surface area (Å²) in [4.78, 5) is 16.0. The second-order valence-electron chi connectivity index (χ2n) is 3.68. The Bertz CT molecular complexity index is 369. The van der Waals surface area contributed by atoms with E-state index in [-0.39, 0.29) is 5.78 Å². The molecule has 2 heteroatoms. The number of Topliss-reactive ketones (excluding diaryl/α,β-unsaturated/α-hetero) is 1. The number of pyridine rings is 1. The van der Waals surface area contributed by atoms with Gasteiger partial charge in [-0.1, -0.05) is 0 Å². The molecule has 1 aliphatic rings. The van der Waals surface area contributed by atoms with Crippen LogP contribution in [0.2, 0.25) is 0 Å². The third-order valence-corrected chi connectivity index (χ3v) is 2.52. The number of ketones is 1. The minimum Gasteiger partial charge on any atom is -0.294 e. The van der Waals surface area contributed by atoms with Crippen molar-refractivity contribution in [2.45, 2.75) is 33.1 Å². The van der Waals surface area contributed by atoms with Gasteiger partial charge in [-0.25, -0.2) is 0 Å². The zero-order valence-electron chi connectivity index (χ0n) is 8.05. The highest BCUT2D eigenvalue weighted by atomic mass is 16.1. The van der Waals surface area contributed by atoms with Gasteiger partial charge in [-0.2, -0.15) is 0 Å². The molecule has 0 bridgehead atoms. The van der Waals surface area contributed by atoms with Crippen LogP contribution in [0.3, 0.4) is 0 Å². The molecule has 1 aromatic rings. The van der Waals surface area contributed by atoms with Crippen LogP contribution in [0.4, 0.5) is 0 Å². The number of aromatic nitrogens is 1. The second kappa shape index (κ2) is 2.95. The third kappa shape index (κ3) is 1.37. The number of rotatable bonds is 0. The molecule has 0 radical (unpaired) electrons. The van der Waals surface area contributed by atoms with Crippen molar-refractivity contribution in [3.63, 3.8) is 0 Å². The minimum absolute atomic E-state index is 0.270. The third-order valence-electron chi connectivity index (χ3n) is 2.52. The van der Waals surface area contributed by atoms with E-state index in [4.69, 9.17) is 0 Å². The molecule has 0 N–H and O–H groups in total. The Hall–Kier alpha value is -1.18. The lowest BCUT2D eigenvalue weighted by Crippen LogP contribution is -2.14. The van der Waals surface area contributed by atoms with Crippen molar-refractivity contribution in [2.75, 3.05) is 0 Å². The van der Waals surface area contributed by atoms with E-state index >= 15 is 0 Å². The summed E-state index contributed by atoms with van der Waals surface area (Å²) >= 11 is 0. The Labute approximate surface area is 78.0 Å². The lowest BCUT2D eigenvalue weighted by atomic mass is 9.91. The maximum absolute atomic E-state index is 11.6. The van der Waals surface area contributed by atoms with Crippen LogP contribution in [0, 0.1) is 13.8 Å². The van der Waals surface area contributed by atoms with Gasteiger partial charge in [-0.05, 0) is 38.3 Å². The second-order valence-corrected chi connectivity index (χ2v) is 3.68. The lowest BCUT2D eigenvalue weighted by molar-refractivity contribution is 0.0971. The number of hydrogen-bond acceptors (Lipinski definition) is 2. The number of nitrogens with zero attached hydrogens (tertiary/aromatic N) is 1. The van der Waals surface area contributed by atoms with Crippen LogP contribution >= 0.6 is 0 Å². The first-order valence-corrected chi connectivity index (χ1v) is 4.69. The van der Waals surface area contributed by atoms with Crippen molar-refractivity contribution in [3.05, 3.63) is 28.6 Å². The molecule has 0 amide bonds. The molecular weight excluding hydrogens is 162 g/mol. The standard InChI is InChI=1S/C11H13NO/c1-7-6-8(2)12-9-4-3-5-10(13)11(7)9/h6H,3-5H2,1-2H3. The molecule has 0 spiro atoms. The number of carbonyl (C=O) groups is 1. The van der Waals surface area contributed by atoms with Gasteiger partial charge < -0.3 is 0 Å². The average molecular weight is 175 g/mol. The number of hydrogen-bond donors (Lipinski definition) is 0. The van der Waals surface area contributed by atoms with E-state index in [1.165, 1.54) is 0 Å². The SMILES string of the molecule is Cc1cc(C)c2c(n1)CCCC2=O. The molecule has 1 aromatic heterocycles. The van der Waals surface area contributed by atoms with Gasteiger partial charge in [0.25, 0.3) is 0 Å². The van der Waals surface area contributed by atoms with Crippen LogP contribution in [0.1, 0.15) is 40.2 Å². The molecule has 0 saturated heterocycles. The molecule has 0 aliphatic heterocycles. The Morgan fingerprint density at radius 1 is 1.31 bits per heavy atom. The first kappa shape index (κ1) is 8.42. The highest BCUT2D eigenvalue weighted by Crippen LogP contribution is 2.22. The molecule has 68 valence electrons. The number of aryl methyl sites for hydroxylation is 3. The highest BCUT2D eigenvalue weighted by Gasteiger charge is 2.20. The van der Waals surface area contributed by atoms with E-state index in [9.17, 15) is 4.79 Å². The van der Waals surface area contributed by atoms with Crippen molar-refractivity contribution in [1.29, 1.82) is 0 Å². The summed E-state index contributed by atoms with van der Waals surface area (Å²) in [6, 6.07) is 1.99. The molecule has 0 aromatic carbocycles. The fourth-order valence-corrected chi connectivity index (χ4v) is 2.02. The van der Waals surface area contributed by atoms with E-state index in [1.807, 2.05) is 19.9 Å². The normalized spacial score (nSPS) is 15.7. The Balaban J connectivity index is 2.63. The molecule has 13 heavy (non-hydrogen) atoms. The Morgan fingerprint density at radius 2 is 2.08 bits per heavy atom. The summed E-state index contributed by atoms with van der Waals surface area (Å²) in [5.41, 5.74) is 4.00. The summed E-state index contributed by atoms with van der Waals surface area (Å²) in [5, 5.41) is 0. The fraction of sp³-hybridized carbons (Fsp3) is 0.455. The smallest absolute Gasteiger partial charge is 0.164 e. The first-order chi connectivity index (χ1) is 6.18. The zero-order valence-corrected chi connectivity index (χ0v) is 8.05. The van der Waals surface area contributed by atoms with Gasteiger partial charge >= 0.3 is 0 Å². The topological polar surface area (TPSA) is 30.0 Å². The summed E-state index contributed by atoms with van der Waals surface area (Å²) in [7, 11) is 0. The first-order valence-electron chi connectivity index (χ1n) is 4.69. The van der Waals surface area contributed by atoms with Crippen LogP contribution in [-0.4, -0.2) is 10.8 Å². The zero-order chi connectivity index (χ0) is 9.42. The van der Waals surface area contributed by atoms with Crippen molar-refractivity contribution in [3.8, 4) is 0 Å². The molecule has 1 aliphatic carbocycles. The van der Waals surface area contributed by atoms with Crippen LogP contribution in [0.5, 0.6) is 0 Å². The van der Waals surface area contributed by atoms with Crippen LogP contribution < -0.4 is 0 Å². The van der Waals surface area contributed by atoms with Gasteiger partial charge in [0, 0.05) is 17.7 Å². The van der Waals surface area contributed by atoms with Crippen LogP contribution in [-0.2, 0) is 6.42 Å². The van der Waals surface area contributed by atoms with E-state index in [1.54, 1.807) is 0 Å². The van der Waals surface area contributed by atoms with Gasteiger partial charge in [0.05, 0.1) is 5.69 Å². The van der Waals surface area contributed by atoms with E-state index in [0.29, 0.717) is 6.42 Å². The fourth-order valence-electron chi connectivity index (χ4n) is 2.02. The Kier molecular flexibility index (Phi) is 1.91.